The van der Waals surface area contributed by atoms with Gasteiger partial charge in [0.2, 0.25) is 0 Å². The first-order valence-corrected chi connectivity index (χ1v) is 7.07. The number of ether oxygens (including phenoxy) is 1. The van der Waals surface area contributed by atoms with Gasteiger partial charge in [0.1, 0.15) is 12.4 Å². The van der Waals surface area contributed by atoms with Gasteiger partial charge >= 0.3 is 0 Å². The van der Waals surface area contributed by atoms with E-state index in [9.17, 15) is 5.11 Å². The van der Waals surface area contributed by atoms with Crippen molar-refractivity contribution in [2.75, 3.05) is 7.11 Å². The minimum Gasteiger partial charge on any atom is -0.496 e. The fraction of sp³-hybridized carbons (Fsp3) is 0.333. The Labute approximate surface area is 127 Å². The number of aromatic nitrogens is 2. The lowest BCUT2D eigenvalue weighted by Gasteiger charge is -2.18. The molecule has 20 heavy (non-hydrogen) atoms. The molecular weight excluding hydrogens is 320 g/mol. The molecule has 4 nitrogen and oxygen atoms in total. The summed E-state index contributed by atoms with van der Waals surface area (Å²) in [6, 6.07) is 1.82. The first-order valence-electron chi connectivity index (χ1n) is 6.27. The molecule has 1 N–H and O–H groups in total. The van der Waals surface area contributed by atoms with Gasteiger partial charge in [-0.3, -0.25) is 0 Å². The second-order valence-corrected chi connectivity index (χ2v) is 5.41. The lowest BCUT2D eigenvalue weighted by Crippen LogP contribution is -2.02. The zero-order valence-electron chi connectivity index (χ0n) is 12.0. The van der Waals surface area contributed by atoms with Crippen molar-refractivity contribution in [3.63, 3.8) is 0 Å². The average molecular weight is 337 g/mol. The molecule has 0 aliphatic heterocycles. The number of hydrogen-bond donors (Lipinski definition) is 1. The first-order chi connectivity index (χ1) is 9.51. The molecule has 1 aromatic carbocycles. The normalized spacial score (nSPS) is 10.7. The molecule has 2 rings (SSSR count). The van der Waals surface area contributed by atoms with Gasteiger partial charge in [0, 0.05) is 16.2 Å². The highest BCUT2D eigenvalue weighted by molar-refractivity contribution is 9.10. The van der Waals surface area contributed by atoms with Crippen molar-refractivity contribution in [1.82, 2.24) is 9.97 Å². The summed E-state index contributed by atoms with van der Waals surface area (Å²) in [6.45, 7) is 5.92. The maximum Gasteiger partial charge on any atom is 0.154 e. The number of hydrogen-bond acceptors (Lipinski definition) is 4. The van der Waals surface area contributed by atoms with Crippen molar-refractivity contribution < 1.29 is 9.84 Å². The Morgan fingerprint density at radius 1 is 1.20 bits per heavy atom. The maximum atomic E-state index is 9.19. The van der Waals surface area contributed by atoms with Crippen molar-refractivity contribution in [2.24, 2.45) is 0 Å². The molecule has 106 valence electrons. The van der Waals surface area contributed by atoms with Crippen LogP contribution in [0.5, 0.6) is 5.75 Å². The van der Waals surface area contributed by atoms with E-state index in [4.69, 9.17) is 4.74 Å². The van der Waals surface area contributed by atoms with E-state index in [2.05, 4.69) is 32.8 Å². The lowest BCUT2D eigenvalue weighted by molar-refractivity contribution is 0.271. The lowest BCUT2D eigenvalue weighted by atomic mass is 9.96. The van der Waals surface area contributed by atoms with Crippen LogP contribution in [-0.4, -0.2) is 22.2 Å². The third kappa shape index (κ3) is 2.43. The van der Waals surface area contributed by atoms with Crippen molar-refractivity contribution in [3.05, 3.63) is 39.3 Å². The molecule has 0 saturated carbocycles. The molecule has 1 heterocycles. The molecule has 0 atom stereocenters. The molecule has 0 bridgehead atoms. The third-order valence-electron chi connectivity index (χ3n) is 3.47. The summed E-state index contributed by atoms with van der Waals surface area (Å²) in [5, 5.41) is 9.19. The predicted octanol–water partition coefficient (Wildman–Crippen LogP) is 3.33. The highest BCUT2D eigenvalue weighted by atomic mass is 79.9. The van der Waals surface area contributed by atoms with Crippen LogP contribution in [0.2, 0.25) is 0 Å². The number of aliphatic hydroxyl groups is 1. The summed E-state index contributed by atoms with van der Waals surface area (Å²) < 4.78 is 6.63. The molecule has 0 fully saturated rings. The third-order valence-corrected chi connectivity index (χ3v) is 4.66. The summed E-state index contributed by atoms with van der Waals surface area (Å²) in [4.78, 5) is 8.40. The Morgan fingerprint density at radius 3 is 2.50 bits per heavy atom. The highest BCUT2D eigenvalue weighted by Crippen LogP contribution is 2.41. The van der Waals surface area contributed by atoms with E-state index in [1.54, 1.807) is 13.3 Å². The molecule has 1 aromatic heterocycles. The fourth-order valence-corrected chi connectivity index (χ4v) is 2.76. The Balaban J connectivity index is 2.78. The molecule has 0 radical (unpaired) electrons. The quantitative estimate of drug-likeness (QED) is 0.933. The topological polar surface area (TPSA) is 55.2 Å². The number of methoxy groups -OCH3 is 1. The van der Waals surface area contributed by atoms with Crippen LogP contribution in [0.25, 0.3) is 11.3 Å². The van der Waals surface area contributed by atoms with Crippen LogP contribution in [-0.2, 0) is 6.61 Å². The molecule has 0 aliphatic carbocycles. The zero-order chi connectivity index (χ0) is 14.9. The number of rotatable bonds is 3. The minimum atomic E-state index is -0.179. The second-order valence-electron chi connectivity index (χ2n) is 4.61. The molecule has 2 aromatic rings. The Bertz CT molecular complexity index is 657. The second kappa shape index (κ2) is 5.89. The molecule has 0 amide bonds. The van der Waals surface area contributed by atoms with Crippen molar-refractivity contribution >= 4 is 15.9 Å². The molecule has 0 spiro atoms. The van der Waals surface area contributed by atoms with Crippen LogP contribution in [0, 0.1) is 20.8 Å². The van der Waals surface area contributed by atoms with Crippen molar-refractivity contribution in [3.8, 4) is 17.0 Å². The number of halogens is 1. The predicted molar refractivity (Wildman–Crippen MR) is 81.9 cm³/mol. The molecular formula is C15H17BrN2O2. The first kappa shape index (κ1) is 14.9. The highest BCUT2D eigenvalue weighted by Gasteiger charge is 2.19. The van der Waals surface area contributed by atoms with Gasteiger partial charge in [-0.2, -0.15) is 0 Å². The van der Waals surface area contributed by atoms with Crippen LogP contribution in [0.1, 0.15) is 22.5 Å². The van der Waals surface area contributed by atoms with Crippen LogP contribution < -0.4 is 4.74 Å². The van der Waals surface area contributed by atoms with Gasteiger partial charge in [-0.15, -0.1) is 0 Å². The van der Waals surface area contributed by atoms with Crippen molar-refractivity contribution in [1.29, 1.82) is 0 Å². The Kier molecular flexibility index (Phi) is 4.40. The largest absolute Gasteiger partial charge is 0.496 e. The summed E-state index contributed by atoms with van der Waals surface area (Å²) in [6.07, 6.45) is 1.65. The standard InChI is InChI=1S/C15H17BrN2O2/c1-8-9(2)15(20-4)13(10(3)14(8)16)11-5-6-17-12(7-19)18-11/h5-6,19H,7H2,1-4H3. The van der Waals surface area contributed by atoms with E-state index in [1.165, 1.54) is 0 Å². The van der Waals surface area contributed by atoms with Crippen LogP contribution in [0.4, 0.5) is 0 Å². The van der Waals surface area contributed by atoms with E-state index in [0.717, 1.165) is 38.2 Å². The van der Waals surface area contributed by atoms with Crippen LogP contribution >= 0.6 is 15.9 Å². The van der Waals surface area contributed by atoms with Gasteiger partial charge in [0.15, 0.2) is 5.82 Å². The number of benzene rings is 1. The smallest absolute Gasteiger partial charge is 0.154 e. The number of aliphatic hydroxyl groups excluding tert-OH is 1. The number of nitrogens with zero attached hydrogens (tertiary/aromatic N) is 2. The Morgan fingerprint density at radius 2 is 1.90 bits per heavy atom. The van der Waals surface area contributed by atoms with Gasteiger partial charge < -0.3 is 9.84 Å². The van der Waals surface area contributed by atoms with Gasteiger partial charge in [-0.05, 0) is 43.5 Å². The SMILES string of the molecule is COc1c(C)c(C)c(Br)c(C)c1-c1ccnc(CO)n1. The molecule has 5 heteroatoms. The van der Waals surface area contributed by atoms with Gasteiger partial charge in [0.05, 0.1) is 12.8 Å². The van der Waals surface area contributed by atoms with Crippen LogP contribution in [0.3, 0.4) is 0 Å². The maximum absolute atomic E-state index is 9.19. The van der Waals surface area contributed by atoms with Gasteiger partial charge in [-0.1, -0.05) is 15.9 Å². The Hall–Kier alpha value is -1.46. The van der Waals surface area contributed by atoms with Gasteiger partial charge in [-0.25, -0.2) is 9.97 Å². The van der Waals surface area contributed by atoms with Crippen LogP contribution in [0.15, 0.2) is 16.7 Å². The fourth-order valence-electron chi connectivity index (χ4n) is 2.26. The molecule has 0 aliphatic rings. The van der Waals surface area contributed by atoms with E-state index in [0.29, 0.717) is 5.82 Å². The van der Waals surface area contributed by atoms with Gasteiger partial charge in [0.25, 0.3) is 0 Å². The molecule has 0 unspecified atom stereocenters. The zero-order valence-corrected chi connectivity index (χ0v) is 13.6. The summed E-state index contributed by atoms with van der Waals surface area (Å²) in [5.74, 6) is 1.21. The monoisotopic (exact) mass is 336 g/mol. The van der Waals surface area contributed by atoms with E-state index >= 15 is 0 Å². The van der Waals surface area contributed by atoms with E-state index in [1.807, 2.05) is 19.9 Å². The van der Waals surface area contributed by atoms with E-state index < -0.39 is 0 Å². The average Bonchev–Trinajstić information content (AvgIpc) is 2.48. The van der Waals surface area contributed by atoms with E-state index in [-0.39, 0.29) is 6.61 Å². The van der Waals surface area contributed by atoms with Crippen molar-refractivity contribution in [2.45, 2.75) is 27.4 Å². The minimum absolute atomic E-state index is 0.179. The molecule has 0 saturated heterocycles. The summed E-state index contributed by atoms with van der Waals surface area (Å²) >= 11 is 3.63. The summed E-state index contributed by atoms with van der Waals surface area (Å²) in [7, 11) is 1.66. The summed E-state index contributed by atoms with van der Waals surface area (Å²) in [5.41, 5.74) is 4.97.